The first-order chi connectivity index (χ1) is 12.2. The molecule has 0 aromatic carbocycles. The Morgan fingerprint density at radius 3 is 2.84 bits per heavy atom. The van der Waals surface area contributed by atoms with Crippen molar-refractivity contribution in [2.45, 2.75) is 32.0 Å². The minimum atomic E-state index is -0.338. The lowest BCUT2D eigenvalue weighted by molar-refractivity contribution is -0.124. The van der Waals surface area contributed by atoms with E-state index in [-0.39, 0.29) is 30.7 Å². The summed E-state index contributed by atoms with van der Waals surface area (Å²) in [5.41, 5.74) is 0. The van der Waals surface area contributed by atoms with Gasteiger partial charge in [0.1, 0.15) is 6.10 Å². The van der Waals surface area contributed by atoms with Crippen molar-refractivity contribution >= 4 is 17.9 Å². The summed E-state index contributed by atoms with van der Waals surface area (Å²) in [5.74, 6) is 0.593. The van der Waals surface area contributed by atoms with E-state index in [4.69, 9.17) is 9.47 Å². The summed E-state index contributed by atoms with van der Waals surface area (Å²) in [4.78, 5) is 31.2. The average Bonchev–Trinajstić information content (AvgIpc) is 3.26. The highest BCUT2D eigenvalue weighted by atomic mass is 16.5. The number of nitrogens with one attached hydrogen (secondary N) is 2. The summed E-state index contributed by atoms with van der Waals surface area (Å²) in [6.07, 6.45) is 2.35. The molecule has 0 bridgehead atoms. The second kappa shape index (κ2) is 8.48. The van der Waals surface area contributed by atoms with Crippen LogP contribution < -0.4 is 10.6 Å². The molecular formula is C16H27N5O4. The standard InChI is InChI=1S/C16H27N5O4/c1-2-17-15(18-5-6-21-14(22)10-19-16(21)23)20-7-9-25-13(11-20)12-4-3-8-24-12/h12-13H,2-11H2,1H3,(H,17,18)(H,19,23). The molecule has 3 aliphatic heterocycles. The third kappa shape index (κ3) is 4.40. The summed E-state index contributed by atoms with van der Waals surface area (Å²) >= 11 is 0. The molecule has 0 aliphatic carbocycles. The van der Waals surface area contributed by atoms with Crippen molar-refractivity contribution in [2.24, 2.45) is 4.99 Å². The molecule has 0 aromatic heterocycles. The lowest BCUT2D eigenvalue weighted by Gasteiger charge is -2.37. The van der Waals surface area contributed by atoms with Gasteiger partial charge in [0.05, 0.1) is 32.3 Å². The first-order valence-electron chi connectivity index (χ1n) is 9.03. The summed E-state index contributed by atoms with van der Waals surface area (Å²) in [5, 5.41) is 5.80. The fourth-order valence-corrected chi connectivity index (χ4v) is 3.35. The number of hydrogen-bond donors (Lipinski definition) is 2. The molecule has 3 fully saturated rings. The normalized spacial score (nSPS) is 27.8. The van der Waals surface area contributed by atoms with Crippen LogP contribution in [-0.2, 0) is 14.3 Å². The SMILES string of the molecule is CCNC(=NCCN1C(=O)CNC1=O)N1CCOC(C2CCCO2)C1. The number of nitrogens with zero attached hydrogens (tertiary/aromatic N) is 3. The molecule has 3 amide bonds. The Balaban J connectivity index is 1.57. The number of ether oxygens (including phenoxy) is 2. The fourth-order valence-electron chi connectivity index (χ4n) is 3.35. The summed E-state index contributed by atoms with van der Waals surface area (Å²) in [6.45, 7) is 6.47. The van der Waals surface area contributed by atoms with E-state index in [2.05, 4.69) is 20.5 Å². The highest BCUT2D eigenvalue weighted by molar-refractivity contribution is 6.01. The van der Waals surface area contributed by atoms with Crippen molar-refractivity contribution in [1.82, 2.24) is 20.4 Å². The lowest BCUT2D eigenvalue weighted by atomic mass is 10.1. The number of rotatable bonds is 5. The van der Waals surface area contributed by atoms with Crippen molar-refractivity contribution in [3.8, 4) is 0 Å². The van der Waals surface area contributed by atoms with E-state index < -0.39 is 0 Å². The van der Waals surface area contributed by atoms with Crippen molar-refractivity contribution in [1.29, 1.82) is 0 Å². The van der Waals surface area contributed by atoms with Gasteiger partial charge in [-0.05, 0) is 19.8 Å². The third-order valence-corrected chi connectivity index (χ3v) is 4.63. The molecule has 2 unspecified atom stereocenters. The molecule has 2 atom stereocenters. The number of urea groups is 1. The molecule has 3 aliphatic rings. The van der Waals surface area contributed by atoms with E-state index in [1.807, 2.05) is 6.92 Å². The summed E-state index contributed by atoms with van der Waals surface area (Å²) < 4.78 is 11.6. The maximum Gasteiger partial charge on any atom is 0.324 e. The van der Waals surface area contributed by atoms with Gasteiger partial charge in [0, 0.05) is 26.2 Å². The second-order valence-corrected chi connectivity index (χ2v) is 6.35. The van der Waals surface area contributed by atoms with Gasteiger partial charge in [0.15, 0.2) is 5.96 Å². The van der Waals surface area contributed by atoms with Crippen molar-refractivity contribution in [3.63, 3.8) is 0 Å². The Kier molecular flexibility index (Phi) is 6.09. The van der Waals surface area contributed by atoms with Gasteiger partial charge in [-0.15, -0.1) is 0 Å². The molecule has 3 heterocycles. The van der Waals surface area contributed by atoms with Crippen LogP contribution in [0.1, 0.15) is 19.8 Å². The summed E-state index contributed by atoms with van der Waals surface area (Å²) in [6, 6.07) is -0.338. The molecule has 3 saturated heterocycles. The number of carbonyl (C=O) groups excluding carboxylic acids is 2. The number of imide groups is 1. The van der Waals surface area contributed by atoms with Gasteiger partial charge < -0.3 is 25.0 Å². The first-order valence-corrected chi connectivity index (χ1v) is 9.03. The predicted molar refractivity (Wildman–Crippen MR) is 91.4 cm³/mol. The van der Waals surface area contributed by atoms with E-state index in [9.17, 15) is 9.59 Å². The van der Waals surface area contributed by atoms with Crippen LogP contribution in [0.4, 0.5) is 4.79 Å². The number of aliphatic imine (C=N–C) groups is 1. The molecule has 0 radical (unpaired) electrons. The highest BCUT2D eigenvalue weighted by Gasteiger charge is 2.32. The van der Waals surface area contributed by atoms with Gasteiger partial charge in [-0.1, -0.05) is 0 Å². The van der Waals surface area contributed by atoms with Crippen LogP contribution in [0.3, 0.4) is 0 Å². The minimum Gasteiger partial charge on any atom is -0.375 e. The van der Waals surface area contributed by atoms with Crippen LogP contribution in [0, 0.1) is 0 Å². The first kappa shape index (κ1) is 17.9. The zero-order chi connectivity index (χ0) is 17.6. The Morgan fingerprint density at radius 1 is 1.32 bits per heavy atom. The van der Waals surface area contributed by atoms with Crippen LogP contribution >= 0.6 is 0 Å². The van der Waals surface area contributed by atoms with E-state index in [0.29, 0.717) is 19.7 Å². The van der Waals surface area contributed by atoms with Crippen LogP contribution in [0.15, 0.2) is 4.99 Å². The maximum absolute atomic E-state index is 11.6. The van der Waals surface area contributed by atoms with Crippen molar-refractivity contribution in [3.05, 3.63) is 0 Å². The van der Waals surface area contributed by atoms with Gasteiger partial charge in [0.25, 0.3) is 0 Å². The number of carbonyl (C=O) groups is 2. The van der Waals surface area contributed by atoms with E-state index in [1.54, 1.807) is 0 Å². The molecule has 9 heteroatoms. The highest BCUT2D eigenvalue weighted by Crippen LogP contribution is 2.21. The molecule has 140 valence electrons. The molecule has 9 nitrogen and oxygen atoms in total. The van der Waals surface area contributed by atoms with E-state index in [1.165, 1.54) is 4.90 Å². The number of morpholine rings is 1. The van der Waals surface area contributed by atoms with Crippen LogP contribution in [0.5, 0.6) is 0 Å². The molecule has 0 saturated carbocycles. The van der Waals surface area contributed by atoms with Crippen molar-refractivity contribution < 1.29 is 19.1 Å². The Labute approximate surface area is 147 Å². The van der Waals surface area contributed by atoms with E-state index >= 15 is 0 Å². The van der Waals surface area contributed by atoms with Gasteiger partial charge >= 0.3 is 6.03 Å². The Morgan fingerprint density at radius 2 is 2.16 bits per heavy atom. The maximum atomic E-state index is 11.6. The van der Waals surface area contributed by atoms with Gasteiger partial charge in [0.2, 0.25) is 5.91 Å². The molecule has 2 N–H and O–H groups in total. The minimum absolute atomic E-state index is 0.0612. The molecule has 0 aromatic rings. The zero-order valence-corrected chi connectivity index (χ0v) is 14.7. The molecule has 25 heavy (non-hydrogen) atoms. The Bertz CT molecular complexity index is 505. The van der Waals surface area contributed by atoms with E-state index in [0.717, 1.165) is 45.0 Å². The molecule has 0 spiro atoms. The van der Waals surface area contributed by atoms with Gasteiger partial charge in [-0.25, -0.2) is 4.79 Å². The van der Waals surface area contributed by atoms with Gasteiger partial charge in [-0.3, -0.25) is 14.7 Å². The molecule has 3 rings (SSSR count). The fraction of sp³-hybridized carbons (Fsp3) is 0.812. The quantitative estimate of drug-likeness (QED) is 0.389. The molecular weight excluding hydrogens is 326 g/mol. The summed E-state index contributed by atoms with van der Waals surface area (Å²) in [7, 11) is 0. The monoisotopic (exact) mass is 353 g/mol. The number of amides is 3. The van der Waals surface area contributed by atoms with Gasteiger partial charge in [-0.2, -0.15) is 0 Å². The van der Waals surface area contributed by atoms with Crippen LogP contribution in [0.25, 0.3) is 0 Å². The topological polar surface area (TPSA) is 95.5 Å². The average molecular weight is 353 g/mol. The largest absolute Gasteiger partial charge is 0.375 e. The number of guanidine groups is 1. The third-order valence-electron chi connectivity index (χ3n) is 4.63. The second-order valence-electron chi connectivity index (χ2n) is 6.35. The lowest BCUT2D eigenvalue weighted by Crippen LogP contribution is -2.53. The zero-order valence-electron chi connectivity index (χ0n) is 14.7. The smallest absolute Gasteiger partial charge is 0.324 e. The van der Waals surface area contributed by atoms with Crippen LogP contribution in [0.2, 0.25) is 0 Å². The van der Waals surface area contributed by atoms with Crippen LogP contribution in [-0.4, -0.2) is 92.4 Å². The Hall–Kier alpha value is -1.87. The van der Waals surface area contributed by atoms with Crippen molar-refractivity contribution in [2.75, 3.05) is 52.5 Å². The predicted octanol–water partition coefficient (Wildman–Crippen LogP) is -0.616. The number of hydrogen-bond acceptors (Lipinski definition) is 5.